The summed E-state index contributed by atoms with van der Waals surface area (Å²) >= 11 is 0. The third kappa shape index (κ3) is 2.09. The molecule has 1 saturated heterocycles. The zero-order valence-electron chi connectivity index (χ0n) is 8.23. The number of benzene rings is 1. The van der Waals surface area contributed by atoms with E-state index in [4.69, 9.17) is 10.00 Å². The number of hydrogen-bond donors (Lipinski definition) is 2. The largest absolute Gasteiger partial charge is 0.507 e. The molecule has 0 radical (unpaired) electrons. The standard InChI is InChI=1S/C11H12N2O2/c12-6-9-5-8(1-2-10(9)14)11-7-13-3-4-15-11/h1-2,5,11,13-14H,3-4,7H2. The second-order valence-electron chi connectivity index (χ2n) is 3.45. The SMILES string of the molecule is N#Cc1cc(C2CNCCO2)ccc1O. The summed E-state index contributed by atoms with van der Waals surface area (Å²) in [6, 6.07) is 6.94. The maximum absolute atomic E-state index is 9.35. The minimum Gasteiger partial charge on any atom is -0.507 e. The van der Waals surface area contributed by atoms with Crippen molar-refractivity contribution in [1.82, 2.24) is 5.32 Å². The summed E-state index contributed by atoms with van der Waals surface area (Å²) in [4.78, 5) is 0. The van der Waals surface area contributed by atoms with Gasteiger partial charge in [-0.1, -0.05) is 6.07 Å². The molecule has 1 fully saturated rings. The molecule has 0 amide bonds. The fourth-order valence-electron chi connectivity index (χ4n) is 1.62. The van der Waals surface area contributed by atoms with Gasteiger partial charge in [0.05, 0.1) is 18.3 Å². The Kier molecular flexibility index (Phi) is 2.86. The third-order valence-electron chi connectivity index (χ3n) is 2.44. The monoisotopic (exact) mass is 204 g/mol. The number of aromatic hydroxyl groups is 1. The van der Waals surface area contributed by atoms with E-state index in [1.807, 2.05) is 6.07 Å². The summed E-state index contributed by atoms with van der Waals surface area (Å²) in [5.41, 5.74) is 1.22. The number of morpholine rings is 1. The maximum atomic E-state index is 9.35. The number of nitrogens with zero attached hydrogens (tertiary/aromatic N) is 1. The highest BCUT2D eigenvalue weighted by molar-refractivity contribution is 5.45. The summed E-state index contributed by atoms with van der Waals surface area (Å²) in [5.74, 6) is 0.0185. The van der Waals surface area contributed by atoms with Gasteiger partial charge in [-0.05, 0) is 17.7 Å². The zero-order chi connectivity index (χ0) is 10.7. The number of rotatable bonds is 1. The molecule has 1 aromatic rings. The minimum absolute atomic E-state index is 0.0185. The van der Waals surface area contributed by atoms with Crippen molar-refractivity contribution < 1.29 is 9.84 Å². The first kappa shape index (κ1) is 9.97. The molecule has 15 heavy (non-hydrogen) atoms. The Morgan fingerprint density at radius 2 is 2.40 bits per heavy atom. The van der Waals surface area contributed by atoms with Crippen LogP contribution in [0.1, 0.15) is 17.2 Å². The van der Waals surface area contributed by atoms with Gasteiger partial charge in [0.15, 0.2) is 0 Å². The van der Waals surface area contributed by atoms with Crippen molar-refractivity contribution in [2.45, 2.75) is 6.10 Å². The summed E-state index contributed by atoms with van der Waals surface area (Å²) in [5, 5.41) is 21.3. The Morgan fingerprint density at radius 1 is 1.53 bits per heavy atom. The number of nitrogens with one attached hydrogen (secondary N) is 1. The number of hydrogen-bond acceptors (Lipinski definition) is 4. The van der Waals surface area contributed by atoms with E-state index in [0.717, 1.165) is 18.7 Å². The van der Waals surface area contributed by atoms with Crippen molar-refractivity contribution in [3.8, 4) is 11.8 Å². The summed E-state index contributed by atoms with van der Waals surface area (Å²) in [6.07, 6.45) is -0.0218. The van der Waals surface area contributed by atoms with Gasteiger partial charge in [-0.2, -0.15) is 5.26 Å². The fraction of sp³-hybridized carbons (Fsp3) is 0.364. The van der Waals surface area contributed by atoms with E-state index >= 15 is 0 Å². The van der Waals surface area contributed by atoms with E-state index in [0.29, 0.717) is 12.2 Å². The molecule has 0 saturated carbocycles. The number of nitriles is 1. The van der Waals surface area contributed by atoms with Gasteiger partial charge in [0.25, 0.3) is 0 Å². The van der Waals surface area contributed by atoms with Crippen LogP contribution in [0.4, 0.5) is 0 Å². The first-order valence-corrected chi connectivity index (χ1v) is 4.86. The van der Waals surface area contributed by atoms with E-state index in [1.165, 1.54) is 6.07 Å². The average molecular weight is 204 g/mol. The molecule has 2 N–H and O–H groups in total. The molecule has 1 aromatic carbocycles. The van der Waals surface area contributed by atoms with Gasteiger partial charge in [-0.25, -0.2) is 0 Å². The van der Waals surface area contributed by atoms with E-state index in [9.17, 15) is 5.11 Å². The van der Waals surface area contributed by atoms with Gasteiger partial charge in [0, 0.05) is 13.1 Å². The maximum Gasteiger partial charge on any atom is 0.133 e. The molecule has 0 aliphatic carbocycles. The number of phenols is 1. The second-order valence-corrected chi connectivity index (χ2v) is 3.45. The van der Waals surface area contributed by atoms with Crippen molar-refractivity contribution in [2.75, 3.05) is 19.7 Å². The van der Waals surface area contributed by atoms with E-state index in [2.05, 4.69) is 5.32 Å². The highest BCUT2D eigenvalue weighted by atomic mass is 16.5. The number of phenolic OH excluding ortho intramolecular Hbond substituents is 1. The lowest BCUT2D eigenvalue weighted by Gasteiger charge is -2.24. The lowest BCUT2D eigenvalue weighted by atomic mass is 10.0. The Labute approximate surface area is 88.1 Å². The quantitative estimate of drug-likeness (QED) is 0.714. The molecule has 78 valence electrons. The Balaban J connectivity index is 2.25. The van der Waals surface area contributed by atoms with Gasteiger partial charge in [0.2, 0.25) is 0 Å². The smallest absolute Gasteiger partial charge is 0.133 e. The third-order valence-corrected chi connectivity index (χ3v) is 2.44. The van der Waals surface area contributed by atoms with Crippen molar-refractivity contribution in [2.24, 2.45) is 0 Å². The van der Waals surface area contributed by atoms with Crippen LogP contribution in [0.2, 0.25) is 0 Å². The van der Waals surface area contributed by atoms with Crippen molar-refractivity contribution in [1.29, 1.82) is 5.26 Å². The molecule has 1 atom stereocenters. The topological polar surface area (TPSA) is 65.3 Å². The molecule has 0 spiro atoms. The van der Waals surface area contributed by atoms with Crippen LogP contribution in [0.15, 0.2) is 18.2 Å². The predicted molar refractivity (Wildman–Crippen MR) is 54.4 cm³/mol. The van der Waals surface area contributed by atoms with Gasteiger partial charge in [-0.3, -0.25) is 0 Å². The lowest BCUT2D eigenvalue weighted by Crippen LogP contribution is -2.33. The van der Waals surface area contributed by atoms with Gasteiger partial charge < -0.3 is 15.2 Å². The van der Waals surface area contributed by atoms with Crippen LogP contribution < -0.4 is 5.32 Å². The minimum atomic E-state index is -0.0218. The molecule has 4 nitrogen and oxygen atoms in total. The molecule has 4 heteroatoms. The van der Waals surface area contributed by atoms with Crippen LogP contribution in [-0.4, -0.2) is 24.8 Å². The molecule has 2 rings (SSSR count). The molecular formula is C11H12N2O2. The Bertz CT molecular complexity index is 392. The summed E-state index contributed by atoms with van der Waals surface area (Å²) in [6.45, 7) is 2.28. The second kappa shape index (κ2) is 4.30. The molecule has 1 unspecified atom stereocenters. The molecular weight excluding hydrogens is 192 g/mol. The average Bonchev–Trinajstić information content (AvgIpc) is 2.31. The van der Waals surface area contributed by atoms with Gasteiger partial charge >= 0.3 is 0 Å². The van der Waals surface area contributed by atoms with Crippen LogP contribution in [0.25, 0.3) is 0 Å². The van der Waals surface area contributed by atoms with Crippen molar-refractivity contribution in [3.63, 3.8) is 0 Å². The van der Waals surface area contributed by atoms with Gasteiger partial charge in [0.1, 0.15) is 11.8 Å². The molecule has 1 aliphatic rings. The molecule has 1 aliphatic heterocycles. The summed E-state index contributed by atoms with van der Waals surface area (Å²) in [7, 11) is 0. The Morgan fingerprint density at radius 3 is 3.07 bits per heavy atom. The van der Waals surface area contributed by atoms with Crippen LogP contribution in [0, 0.1) is 11.3 Å². The molecule has 0 bridgehead atoms. The predicted octanol–water partition coefficient (Wildman–Crippen LogP) is 0.925. The molecule has 0 aromatic heterocycles. The van der Waals surface area contributed by atoms with E-state index in [1.54, 1.807) is 12.1 Å². The van der Waals surface area contributed by atoms with E-state index < -0.39 is 0 Å². The van der Waals surface area contributed by atoms with E-state index in [-0.39, 0.29) is 11.9 Å². The highest BCUT2D eigenvalue weighted by Crippen LogP contribution is 2.24. The first-order valence-electron chi connectivity index (χ1n) is 4.86. The zero-order valence-corrected chi connectivity index (χ0v) is 8.23. The van der Waals surface area contributed by atoms with Crippen LogP contribution in [0.3, 0.4) is 0 Å². The lowest BCUT2D eigenvalue weighted by molar-refractivity contribution is 0.0276. The van der Waals surface area contributed by atoms with Gasteiger partial charge in [-0.15, -0.1) is 0 Å². The first-order chi connectivity index (χ1) is 7.31. The van der Waals surface area contributed by atoms with Crippen LogP contribution >= 0.6 is 0 Å². The van der Waals surface area contributed by atoms with Crippen LogP contribution in [0.5, 0.6) is 5.75 Å². The fourth-order valence-corrected chi connectivity index (χ4v) is 1.62. The van der Waals surface area contributed by atoms with Crippen molar-refractivity contribution in [3.05, 3.63) is 29.3 Å². The normalized spacial score (nSPS) is 20.9. The Hall–Kier alpha value is -1.57. The number of ether oxygens (including phenoxy) is 1. The van der Waals surface area contributed by atoms with Crippen molar-refractivity contribution >= 4 is 0 Å². The summed E-state index contributed by atoms with van der Waals surface area (Å²) < 4.78 is 5.55. The van der Waals surface area contributed by atoms with Crippen LogP contribution in [-0.2, 0) is 4.74 Å². The molecule has 1 heterocycles. The highest BCUT2D eigenvalue weighted by Gasteiger charge is 2.16.